The summed E-state index contributed by atoms with van der Waals surface area (Å²) in [5.41, 5.74) is 2.63. The largest absolute Gasteiger partial charge is 0.439 e. The molecule has 2 aromatic carbocycles. The van der Waals surface area contributed by atoms with Gasteiger partial charge in [0.15, 0.2) is 0 Å². The first-order valence-corrected chi connectivity index (χ1v) is 10.6. The highest BCUT2D eigenvalue weighted by Crippen LogP contribution is 2.32. The van der Waals surface area contributed by atoms with Gasteiger partial charge in [-0.05, 0) is 49.7 Å². The highest BCUT2D eigenvalue weighted by Gasteiger charge is 2.24. The number of carbonyl (C=O) groups is 1. The van der Waals surface area contributed by atoms with E-state index in [4.69, 9.17) is 21.4 Å². The predicted molar refractivity (Wildman–Crippen MR) is 120 cm³/mol. The van der Waals surface area contributed by atoms with Crippen LogP contribution >= 0.6 is 11.6 Å². The van der Waals surface area contributed by atoms with E-state index in [1.54, 1.807) is 16.8 Å². The van der Waals surface area contributed by atoms with E-state index in [0.717, 1.165) is 23.4 Å². The van der Waals surface area contributed by atoms with Crippen LogP contribution in [0.5, 0.6) is 11.6 Å². The number of aryl methyl sites for hydroxylation is 1. The van der Waals surface area contributed by atoms with Crippen molar-refractivity contribution < 1.29 is 9.53 Å². The zero-order chi connectivity index (χ0) is 21.7. The number of hydrogen-bond donors (Lipinski definition) is 0. The van der Waals surface area contributed by atoms with Crippen molar-refractivity contribution in [2.24, 2.45) is 5.92 Å². The van der Waals surface area contributed by atoms with Gasteiger partial charge < -0.3 is 9.64 Å². The molecule has 30 heavy (non-hydrogen) atoms. The second-order valence-corrected chi connectivity index (χ2v) is 8.02. The van der Waals surface area contributed by atoms with Gasteiger partial charge in [0.2, 0.25) is 11.8 Å². The van der Waals surface area contributed by atoms with Crippen molar-refractivity contribution in [3.05, 3.63) is 70.9 Å². The van der Waals surface area contributed by atoms with Crippen molar-refractivity contribution in [3.63, 3.8) is 0 Å². The molecule has 0 fully saturated rings. The Morgan fingerprint density at radius 2 is 1.80 bits per heavy atom. The lowest BCUT2D eigenvalue weighted by molar-refractivity contribution is -0.135. The van der Waals surface area contributed by atoms with E-state index in [1.807, 2.05) is 68.1 Å². The number of carbonyl (C=O) groups excluding carboxylic acids is 1. The van der Waals surface area contributed by atoms with Crippen molar-refractivity contribution in [1.29, 1.82) is 0 Å². The molecule has 0 aliphatic heterocycles. The van der Waals surface area contributed by atoms with Crippen LogP contribution < -0.4 is 4.74 Å². The maximum Gasteiger partial charge on any atom is 0.227 e. The molecule has 0 spiro atoms. The molecule has 0 saturated heterocycles. The summed E-state index contributed by atoms with van der Waals surface area (Å²) in [6.07, 6.45) is 0.887. The number of aromatic nitrogens is 2. The van der Waals surface area contributed by atoms with Crippen LogP contribution in [0.1, 0.15) is 38.4 Å². The van der Waals surface area contributed by atoms with Crippen molar-refractivity contribution in [2.45, 2.75) is 40.7 Å². The van der Waals surface area contributed by atoms with Gasteiger partial charge in [-0.1, -0.05) is 50.6 Å². The summed E-state index contributed by atoms with van der Waals surface area (Å²) in [5.74, 6) is 1.33. The van der Waals surface area contributed by atoms with Crippen LogP contribution in [-0.4, -0.2) is 27.1 Å². The molecular weight excluding hydrogens is 398 g/mol. The number of para-hydroxylation sites is 1. The van der Waals surface area contributed by atoms with Crippen molar-refractivity contribution >= 4 is 17.5 Å². The molecule has 0 aliphatic carbocycles. The minimum Gasteiger partial charge on any atom is -0.439 e. The molecule has 5 nitrogen and oxygen atoms in total. The summed E-state index contributed by atoms with van der Waals surface area (Å²) in [6.45, 7) is 9.02. The van der Waals surface area contributed by atoms with Crippen LogP contribution in [0.4, 0.5) is 0 Å². The quantitative estimate of drug-likeness (QED) is 0.443. The normalized spacial score (nSPS) is 11.0. The zero-order valence-electron chi connectivity index (χ0n) is 17.9. The van der Waals surface area contributed by atoms with Gasteiger partial charge in [0, 0.05) is 17.5 Å². The van der Waals surface area contributed by atoms with Crippen molar-refractivity contribution in [1.82, 2.24) is 14.7 Å². The summed E-state index contributed by atoms with van der Waals surface area (Å²) >= 11 is 6.03. The molecule has 0 unspecified atom stereocenters. The van der Waals surface area contributed by atoms with E-state index >= 15 is 0 Å². The summed E-state index contributed by atoms with van der Waals surface area (Å²) in [4.78, 5) is 14.7. The molecule has 1 heterocycles. The second-order valence-electron chi connectivity index (χ2n) is 7.59. The Hall–Kier alpha value is -2.79. The Morgan fingerprint density at radius 3 is 2.40 bits per heavy atom. The van der Waals surface area contributed by atoms with E-state index in [1.165, 1.54) is 0 Å². The number of benzene rings is 2. The molecule has 6 heteroatoms. The molecule has 1 amide bonds. The molecule has 0 aliphatic rings. The lowest BCUT2D eigenvalue weighted by Crippen LogP contribution is -2.34. The zero-order valence-corrected chi connectivity index (χ0v) is 18.7. The molecule has 0 N–H and O–H groups in total. The maximum absolute atomic E-state index is 12.8. The monoisotopic (exact) mass is 425 g/mol. The Labute approximate surface area is 183 Å². The number of ether oxygens (including phenoxy) is 1. The van der Waals surface area contributed by atoms with Gasteiger partial charge in [0.25, 0.3) is 0 Å². The first kappa shape index (κ1) is 21.9. The number of nitrogens with zero attached hydrogens (tertiary/aromatic N) is 3. The van der Waals surface area contributed by atoms with Gasteiger partial charge in [-0.2, -0.15) is 5.10 Å². The fourth-order valence-corrected chi connectivity index (χ4v) is 3.40. The lowest BCUT2D eigenvalue weighted by atomic mass is 10.1. The lowest BCUT2D eigenvalue weighted by Gasteiger charge is -2.24. The number of halogens is 1. The van der Waals surface area contributed by atoms with Crippen LogP contribution in [0.25, 0.3) is 5.69 Å². The van der Waals surface area contributed by atoms with Crippen LogP contribution in [-0.2, 0) is 11.3 Å². The Kier molecular flexibility index (Phi) is 7.16. The first-order valence-electron chi connectivity index (χ1n) is 10.3. The molecule has 0 saturated carbocycles. The molecule has 0 radical (unpaired) electrons. The molecule has 1 aromatic heterocycles. The van der Waals surface area contributed by atoms with E-state index in [0.29, 0.717) is 29.7 Å². The highest BCUT2D eigenvalue weighted by molar-refractivity contribution is 6.30. The molecule has 0 bridgehead atoms. The SMILES string of the molecule is CCCN(Cc1c(C)nn(-c2ccccc2)c1Oc1ccc(Cl)cc1)C(=O)C(C)C. The fraction of sp³-hybridized carbons (Fsp3) is 0.333. The number of amides is 1. The van der Waals surface area contributed by atoms with Gasteiger partial charge in [0.05, 0.1) is 23.5 Å². The van der Waals surface area contributed by atoms with Crippen LogP contribution in [0.2, 0.25) is 5.02 Å². The Balaban J connectivity index is 2.05. The summed E-state index contributed by atoms with van der Waals surface area (Å²) in [5, 5.41) is 5.38. The number of hydrogen-bond acceptors (Lipinski definition) is 3. The smallest absolute Gasteiger partial charge is 0.227 e. The van der Waals surface area contributed by atoms with Gasteiger partial charge >= 0.3 is 0 Å². The molecule has 158 valence electrons. The fourth-order valence-electron chi connectivity index (χ4n) is 3.28. The topological polar surface area (TPSA) is 47.4 Å². The highest BCUT2D eigenvalue weighted by atomic mass is 35.5. The van der Waals surface area contributed by atoms with Gasteiger partial charge in [-0.15, -0.1) is 0 Å². The van der Waals surface area contributed by atoms with E-state index in [-0.39, 0.29) is 11.8 Å². The van der Waals surface area contributed by atoms with Crippen LogP contribution in [0, 0.1) is 12.8 Å². The average Bonchev–Trinajstić information content (AvgIpc) is 3.04. The van der Waals surface area contributed by atoms with E-state index in [2.05, 4.69) is 6.92 Å². The van der Waals surface area contributed by atoms with Crippen molar-refractivity contribution in [2.75, 3.05) is 6.54 Å². The summed E-state index contributed by atoms with van der Waals surface area (Å²) in [6, 6.07) is 17.1. The van der Waals surface area contributed by atoms with E-state index < -0.39 is 0 Å². The Morgan fingerprint density at radius 1 is 1.13 bits per heavy atom. The third kappa shape index (κ3) is 5.03. The second kappa shape index (κ2) is 9.81. The molecule has 3 aromatic rings. The van der Waals surface area contributed by atoms with Gasteiger partial charge in [-0.3, -0.25) is 4.79 Å². The predicted octanol–water partition coefficient (Wildman–Crippen LogP) is 6.02. The third-order valence-corrected chi connectivity index (χ3v) is 5.07. The molecular formula is C24H28ClN3O2. The first-order chi connectivity index (χ1) is 14.4. The van der Waals surface area contributed by atoms with E-state index in [9.17, 15) is 4.79 Å². The van der Waals surface area contributed by atoms with Gasteiger partial charge in [0.1, 0.15) is 5.75 Å². The van der Waals surface area contributed by atoms with Crippen molar-refractivity contribution in [3.8, 4) is 17.3 Å². The Bertz CT molecular complexity index is 982. The van der Waals surface area contributed by atoms with Gasteiger partial charge in [-0.25, -0.2) is 4.68 Å². The maximum atomic E-state index is 12.8. The van der Waals surface area contributed by atoms with Crippen LogP contribution in [0.3, 0.4) is 0 Å². The third-order valence-electron chi connectivity index (χ3n) is 4.81. The molecule has 0 atom stereocenters. The summed E-state index contributed by atoms with van der Waals surface area (Å²) < 4.78 is 8.09. The number of rotatable bonds is 8. The standard InChI is InChI=1S/C24H28ClN3O2/c1-5-15-27(23(29)17(2)3)16-22-18(4)26-28(20-9-7-6-8-10-20)24(22)30-21-13-11-19(25)12-14-21/h6-14,17H,5,15-16H2,1-4H3. The van der Waals surface area contributed by atoms with Crippen LogP contribution in [0.15, 0.2) is 54.6 Å². The average molecular weight is 426 g/mol. The summed E-state index contributed by atoms with van der Waals surface area (Å²) in [7, 11) is 0. The minimum atomic E-state index is -0.0679. The minimum absolute atomic E-state index is 0.0679. The molecule has 3 rings (SSSR count).